The summed E-state index contributed by atoms with van der Waals surface area (Å²) in [4.78, 5) is 19.0. The zero-order valence-corrected chi connectivity index (χ0v) is 13.4. The van der Waals surface area contributed by atoms with Gasteiger partial charge >= 0.3 is 0 Å². The van der Waals surface area contributed by atoms with Gasteiger partial charge in [-0.3, -0.25) is 9.48 Å². The van der Waals surface area contributed by atoms with Gasteiger partial charge in [0, 0.05) is 36.6 Å². The summed E-state index contributed by atoms with van der Waals surface area (Å²) in [5.41, 5.74) is 7.81. The molecule has 6 nitrogen and oxygen atoms in total. The summed E-state index contributed by atoms with van der Waals surface area (Å²) in [5, 5.41) is 4.79. The zero-order chi connectivity index (χ0) is 15.4. The highest BCUT2D eigenvalue weighted by molar-refractivity contribution is 7.99. The molecule has 0 saturated heterocycles. The molecule has 0 amide bonds. The maximum atomic E-state index is 11.7. The second-order valence-electron chi connectivity index (χ2n) is 5.14. The van der Waals surface area contributed by atoms with Crippen LogP contribution in [0.15, 0.2) is 28.4 Å². The number of aromatic amines is 1. The predicted octanol–water partition coefficient (Wildman–Crippen LogP) is 1.64. The monoisotopic (exact) mass is 307 g/mol. The summed E-state index contributed by atoms with van der Waals surface area (Å²) in [6.45, 7) is 4.01. The van der Waals surface area contributed by atoms with E-state index in [0.29, 0.717) is 5.16 Å². The summed E-state index contributed by atoms with van der Waals surface area (Å²) < 4.78 is 1.74. The molecule has 0 saturated carbocycles. The molecule has 3 N–H and O–H groups in total. The molecule has 2 aromatic heterocycles. The predicted molar refractivity (Wildman–Crippen MR) is 84.3 cm³/mol. The first-order chi connectivity index (χ1) is 9.99. The number of hydrogen-bond donors (Lipinski definition) is 2. The molecule has 0 aliphatic carbocycles. The van der Waals surface area contributed by atoms with Crippen LogP contribution in [0.1, 0.15) is 36.8 Å². The Bertz CT molecular complexity index is 649. The molecule has 114 valence electrons. The van der Waals surface area contributed by atoms with E-state index in [1.165, 1.54) is 11.8 Å². The van der Waals surface area contributed by atoms with Crippen molar-refractivity contribution in [1.82, 2.24) is 19.7 Å². The highest BCUT2D eigenvalue weighted by atomic mass is 32.2. The molecule has 2 aromatic rings. The summed E-state index contributed by atoms with van der Waals surface area (Å²) >= 11 is 1.47. The molecule has 0 fully saturated rings. The fourth-order valence-corrected chi connectivity index (χ4v) is 3.15. The minimum Gasteiger partial charge on any atom is -0.327 e. The normalized spacial score (nSPS) is 14.1. The molecule has 0 spiro atoms. The van der Waals surface area contributed by atoms with Crippen LogP contribution < -0.4 is 11.3 Å². The number of nitrogens with one attached hydrogen (secondary N) is 1. The lowest BCUT2D eigenvalue weighted by Gasteiger charge is -2.18. The van der Waals surface area contributed by atoms with Crippen LogP contribution in [0.3, 0.4) is 0 Å². The second-order valence-corrected chi connectivity index (χ2v) is 6.27. The van der Waals surface area contributed by atoms with Gasteiger partial charge in [0.05, 0.1) is 11.4 Å². The lowest BCUT2D eigenvalue weighted by atomic mass is 10.1. The van der Waals surface area contributed by atoms with Crippen LogP contribution >= 0.6 is 11.8 Å². The van der Waals surface area contributed by atoms with Gasteiger partial charge in [0.1, 0.15) is 0 Å². The van der Waals surface area contributed by atoms with E-state index in [1.54, 1.807) is 16.9 Å². The number of H-pyrrole nitrogens is 1. The van der Waals surface area contributed by atoms with Crippen LogP contribution in [0.4, 0.5) is 0 Å². The average molecular weight is 307 g/mol. The van der Waals surface area contributed by atoms with Crippen molar-refractivity contribution < 1.29 is 0 Å². The Morgan fingerprint density at radius 1 is 1.52 bits per heavy atom. The Hall–Kier alpha value is -1.60. The van der Waals surface area contributed by atoms with Gasteiger partial charge in [0.15, 0.2) is 5.16 Å². The van der Waals surface area contributed by atoms with Crippen LogP contribution in [-0.4, -0.2) is 25.8 Å². The fraction of sp³-hybridized carbons (Fsp3) is 0.500. The lowest BCUT2D eigenvalue weighted by Crippen LogP contribution is -2.23. The van der Waals surface area contributed by atoms with Crippen LogP contribution in [0.25, 0.3) is 0 Å². The highest BCUT2D eigenvalue weighted by Crippen LogP contribution is 2.34. The number of hydrogen-bond acceptors (Lipinski definition) is 5. The van der Waals surface area contributed by atoms with Crippen LogP contribution in [0, 0.1) is 0 Å². The molecule has 7 heteroatoms. The van der Waals surface area contributed by atoms with Gasteiger partial charge in [0.2, 0.25) is 0 Å². The van der Waals surface area contributed by atoms with Crippen molar-refractivity contribution in [2.45, 2.75) is 43.1 Å². The standard InChI is InChI=1S/C14H21N5OS/c1-4-5-11-6-12(20)18-14(17-11)21-13(9(2)15)10-7-16-19(3)8-10/h6-9,13H,4-5,15H2,1-3H3,(H,17,18,20). The van der Waals surface area contributed by atoms with Gasteiger partial charge in [-0.05, 0) is 13.3 Å². The van der Waals surface area contributed by atoms with Crippen molar-refractivity contribution in [2.24, 2.45) is 12.8 Å². The average Bonchev–Trinajstić information content (AvgIpc) is 2.82. The third-order valence-electron chi connectivity index (χ3n) is 3.05. The molecule has 0 aromatic carbocycles. The number of thioether (sulfide) groups is 1. The maximum Gasteiger partial charge on any atom is 0.251 e. The fourth-order valence-electron chi connectivity index (χ4n) is 2.11. The first-order valence-electron chi connectivity index (χ1n) is 7.00. The summed E-state index contributed by atoms with van der Waals surface area (Å²) in [6.07, 6.45) is 5.50. The SMILES string of the molecule is CCCc1cc(=O)[nH]c(SC(c2cnn(C)c2)C(C)N)n1. The maximum absolute atomic E-state index is 11.7. The van der Waals surface area contributed by atoms with Crippen LogP contribution in [0.2, 0.25) is 0 Å². The smallest absolute Gasteiger partial charge is 0.251 e. The molecule has 2 heterocycles. The molecule has 0 bridgehead atoms. The summed E-state index contributed by atoms with van der Waals surface area (Å²) in [6, 6.07) is 1.47. The van der Waals surface area contributed by atoms with Crippen molar-refractivity contribution in [3.8, 4) is 0 Å². The van der Waals surface area contributed by atoms with Crippen molar-refractivity contribution >= 4 is 11.8 Å². The molecule has 2 atom stereocenters. The second kappa shape index (κ2) is 6.91. The molecular weight excluding hydrogens is 286 g/mol. The van der Waals surface area contributed by atoms with E-state index in [-0.39, 0.29) is 16.9 Å². The van der Waals surface area contributed by atoms with Gasteiger partial charge in [0.25, 0.3) is 5.56 Å². The van der Waals surface area contributed by atoms with E-state index in [4.69, 9.17) is 5.73 Å². The van der Waals surface area contributed by atoms with E-state index < -0.39 is 0 Å². The Labute approximate surface area is 128 Å². The molecule has 0 aliphatic rings. The zero-order valence-electron chi connectivity index (χ0n) is 12.5. The van der Waals surface area contributed by atoms with E-state index in [2.05, 4.69) is 22.0 Å². The third kappa shape index (κ3) is 4.18. The van der Waals surface area contributed by atoms with Gasteiger partial charge in [-0.25, -0.2) is 4.98 Å². The Morgan fingerprint density at radius 3 is 2.86 bits per heavy atom. The van der Waals surface area contributed by atoms with Crippen LogP contribution in [0.5, 0.6) is 0 Å². The van der Waals surface area contributed by atoms with E-state index in [1.807, 2.05) is 20.2 Å². The molecule has 21 heavy (non-hydrogen) atoms. The van der Waals surface area contributed by atoms with Crippen LogP contribution in [-0.2, 0) is 13.5 Å². The minimum absolute atomic E-state index is 0.00118. The third-order valence-corrected chi connectivity index (χ3v) is 4.42. The van der Waals surface area contributed by atoms with Gasteiger partial charge in [-0.1, -0.05) is 25.1 Å². The van der Waals surface area contributed by atoms with Crippen molar-refractivity contribution in [1.29, 1.82) is 0 Å². The molecule has 0 radical (unpaired) electrons. The number of aryl methyl sites for hydroxylation is 2. The van der Waals surface area contributed by atoms with Gasteiger partial charge in [-0.2, -0.15) is 5.10 Å². The van der Waals surface area contributed by atoms with Crippen molar-refractivity contribution in [3.05, 3.63) is 40.1 Å². The Kier molecular flexibility index (Phi) is 5.19. The number of rotatable bonds is 6. The summed E-state index contributed by atoms with van der Waals surface area (Å²) in [5.74, 6) is 0. The highest BCUT2D eigenvalue weighted by Gasteiger charge is 2.20. The van der Waals surface area contributed by atoms with E-state index in [9.17, 15) is 4.79 Å². The van der Waals surface area contributed by atoms with Gasteiger partial charge in [-0.15, -0.1) is 0 Å². The largest absolute Gasteiger partial charge is 0.327 e. The minimum atomic E-state index is -0.120. The molecule has 2 unspecified atom stereocenters. The van der Waals surface area contributed by atoms with E-state index in [0.717, 1.165) is 24.1 Å². The lowest BCUT2D eigenvalue weighted by molar-refractivity contribution is 0.713. The topological polar surface area (TPSA) is 89.6 Å². The molecular formula is C14H21N5OS. The van der Waals surface area contributed by atoms with Crippen molar-refractivity contribution in [2.75, 3.05) is 0 Å². The van der Waals surface area contributed by atoms with E-state index >= 15 is 0 Å². The first-order valence-corrected chi connectivity index (χ1v) is 7.88. The van der Waals surface area contributed by atoms with Crippen molar-refractivity contribution in [3.63, 3.8) is 0 Å². The summed E-state index contributed by atoms with van der Waals surface area (Å²) in [7, 11) is 1.87. The first kappa shape index (κ1) is 15.8. The quantitative estimate of drug-likeness (QED) is 0.625. The Morgan fingerprint density at radius 2 is 2.29 bits per heavy atom. The molecule has 2 rings (SSSR count). The van der Waals surface area contributed by atoms with Gasteiger partial charge < -0.3 is 10.7 Å². The number of aromatic nitrogens is 4. The number of nitrogens with zero attached hydrogens (tertiary/aromatic N) is 3. The Balaban J connectivity index is 2.27. The molecule has 0 aliphatic heterocycles. The number of nitrogens with two attached hydrogens (primary N) is 1.